The van der Waals surface area contributed by atoms with Crippen molar-refractivity contribution in [1.29, 1.82) is 0 Å². The van der Waals surface area contributed by atoms with Gasteiger partial charge in [-0.25, -0.2) is 9.59 Å². The smallest absolute Gasteiger partial charge is 0.370 e. The van der Waals surface area contributed by atoms with Gasteiger partial charge in [0.1, 0.15) is 23.3 Å². The predicted molar refractivity (Wildman–Crippen MR) is 91.4 cm³/mol. The van der Waals surface area contributed by atoms with Crippen LogP contribution in [0.2, 0.25) is 0 Å². The second kappa shape index (κ2) is 5.94. The maximum Gasteiger partial charge on any atom is 0.370 e. The summed E-state index contributed by atoms with van der Waals surface area (Å²) in [7, 11) is 1.52. The highest BCUT2D eigenvalue weighted by Gasteiger charge is 2.64. The van der Waals surface area contributed by atoms with E-state index in [1.807, 2.05) is 12.1 Å². The lowest BCUT2D eigenvalue weighted by molar-refractivity contribution is -0.179. The summed E-state index contributed by atoms with van der Waals surface area (Å²) in [4.78, 5) is 25.7. The average molecular weight is 355 g/mol. The highest BCUT2D eigenvalue weighted by atomic mass is 16.6. The van der Waals surface area contributed by atoms with Crippen molar-refractivity contribution in [2.45, 2.75) is 18.6 Å². The summed E-state index contributed by atoms with van der Waals surface area (Å²) in [5.41, 5.74) is -0.673. The lowest BCUT2D eigenvalue weighted by Crippen LogP contribution is -2.63. The Morgan fingerprint density at radius 3 is 2.81 bits per heavy atom. The molecule has 7 nitrogen and oxygen atoms in total. The van der Waals surface area contributed by atoms with Crippen molar-refractivity contribution < 1.29 is 28.5 Å². The van der Waals surface area contributed by atoms with Crippen molar-refractivity contribution in [3.8, 4) is 17.2 Å². The molecule has 2 atom stereocenters. The molecule has 0 amide bonds. The number of para-hydroxylation sites is 2. The molecule has 0 bridgehead atoms. The molecular formula is C19H17NO6. The minimum Gasteiger partial charge on any atom is -0.497 e. The van der Waals surface area contributed by atoms with E-state index in [1.54, 1.807) is 37.3 Å². The van der Waals surface area contributed by atoms with Crippen LogP contribution in [0.5, 0.6) is 17.2 Å². The molecule has 1 N–H and O–H groups in total. The molecule has 2 aliphatic heterocycles. The van der Waals surface area contributed by atoms with E-state index < -0.39 is 23.6 Å². The molecule has 0 radical (unpaired) electrons. The van der Waals surface area contributed by atoms with Gasteiger partial charge < -0.3 is 24.3 Å². The van der Waals surface area contributed by atoms with Crippen molar-refractivity contribution >= 4 is 17.6 Å². The molecule has 0 saturated carbocycles. The number of benzene rings is 2. The Labute approximate surface area is 149 Å². The zero-order valence-electron chi connectivity index (χ0n) is 14.3. The SMILES string of the molecule is CCOC(=O)[C@@]12Oc3ccccc3N[C@@H]1c1ccc(OC)cc1OC2=O. The van der Waals surface area contributed by atoms with Gasteiger partial charge in [0.05, 0.1) is 19.4 Å². The fourth-order valence-corrected chi connectivity index (χ4v) is 3.25. The van der Waals surface area contributed by atoms with E-state index in [0.717, 1.165) is 0 Å². The fraction of sp³-hybridized carbons (Fsp3) is 0.263. The van der Waals surface area contributed by atoms with Crippen LogP contribution in [0.1, 0.15) is 18.5 Å². The van der Waals surface area contributed by atoms with Crippen LogP contribution in [0.15, 0.2) is 42.5 Å². The van der Waals surface area contributed by atoms with E-state index in [2.05, 4.69) is 5.32 Å². The molecule has 0 spiro atoms. The third kappa shape index (κ3) is 2.20. The van der Waals surface area contributed by atoms with Gasteiger partial charge in [-0.15, -0.1) is 0 Å². The summed E-state index contributed by atoms with van der Waals surface area (Å²) in [5.74, 6) is -0.389. The van der Waals surface area contributed by atoms with Crippen LogP contribution in [-0.2, 0) is 14.3 Å². The van der Waals surface area contributed by atoms with E-state index in [4.69, 9.17) is 18.9 Å². The Hall–Kier alpha value is -3.22. The van der Waals surface area contributed by atoms with Gasteiger partial charge in [-0.1, -0.05) is 12.1 Å². The Bertz CT molecular complexity index is 895. The Balaban J connectivity index is 1.90. The summed E-state index contributed by atoms with van der Waals surface area (Å²) in [6.07, 6.45) is 0. The minimum atomic E-state index is -1.95. The molecule has 4 rings (SSSR count). The number of esters is 2. The number of methoxy groups -OCH3 is 1. The van der Waals surface area contributed by atoms with Gasteiger partial charge in [0.25, 0.3) is 0 Å². The lowest BCUT2D eigenvalue weighted by atomic mass is 9.83. The Kier molecular flexibility index (Phi) is 3.72. The van der Waals surface area contributed by atoms with Crippen LogP contribution in [0.3, 0.4) is 0 Å². The quantitative estimate of drug-likeness (QED) is 0.514. The molecule has 0 fully saturated rings. The third-order valence-corrected chi connectivity index (χ3v) is 4.48. The molecule has 0 aliphatic carbocycles. The number of hydrogen-bond acceptors (Lipinski definition) is 7. The van der Waals surface area contributed by atoms with Gasteiger partial charge in [-0.05, 0) is 31.2 Å². The van der Waals surface area contributed by atoms with Crippen LogP contribution in [0, 0.1) is 0 Å². The highest BCUT2D eigenvalue weighted by molar-refractivity contribution is 6.08. The fourth-order valence-electron chi connectivity index (χ4n) is 3.25. The predicted octanol–water partition coefficient (Wildman–Crippen LogP) is 2.46. The van der Waals surface area contributed by atoms with Gasteiger partial charge in [0.15, 0.2) is 0 Å². The van der Waals surface area contributed by atoms with Gasteiger partial charge in [-0.3, -0.25) is 0 Å². The summed E-state index contributed by atoms with van der Waals surface area (Å²) in [6.45, 7) is 1.78. The van der Waals surface area contributed by atoms with E-state index >= 15 is 0 Å². The van der Waals surface area contributed by atoms with Crippen molar-refractivity contribution in [2.75, 3.05) is 19.0 Å². The first-order valence-electron chi connectivity index (χ1n) is 8.22. The van der Waals surface area contributed by atoms with Crippen molar-refractivity contribution in [2.24, 2.45) is 0 Å². The van der Waals surface area contributed by atoms with Crippen LogP contribution >= 0.6 is 0 Å². The van der Waals surface area contributed by atoms with E-state index in [9.17, 15) is 9.59 Å². The van der Waals surface area contributed by atoms with E-state index in [-0.39, 0.29) is 6.61 Å². The van der Waals surface area contributed by atoms with Gasteiger partial charge in [0.2, 0.25) is 0 Å². The minimum absolute atomic E-state index is 0.112. The summed E-state index contributed by atoms with van der Waals surface area (Å²) >= 11 is 0. The molecule has 0 saturated heterocycles. The monoisotopic (exact) mass is 355 g/mol. The molecule has 2 aromatic carbocycles. The van der Waals surface area contributed by atoms with Crippen LogP contribution in [0.4, 0.5) is 5.69 Å². The number of ether oxygens (including phenoxy) is 4. The number of carbonyl (C=O) groups excluding carboxylic acids is 2. The topological polar surface area (TPSA) is 83.1 Å². The summed E-state index contributed by atoms with van der Waals surface area (Å²) < 4.78 is 21.7. The van der Waals surface area contributed by atoms with Crippen molar-refractivity contribution in [1.82, 2.24) is 0 Å². The maximum absolute atomic E-state index is 12.9. The Morgan fingerprint density at radius 2 is 2.04 bits per heavy atom. The molecule has 26 heavy (non-hydrogen) atoms. The molecule has 0 unspecified atom stereocenters. The number of fused-ring (bicyclic) bond motifs is 4. The first kappa shape index (κ1) is 16.3. The van der Waals surface area contributed by atoms with E-state index in [1.165, 1.54) is 7.11 Å². The largest absolute Gasteiger partial charge is 0.497 e. The first-order valence-corrected chi connectivity index (χ1v) is 8.22. The molecule has 134 valence electrons. The van der Waals surface area contributed by atoms with Gasteiger partial charge >= 0.3 is 17.5 Å². The second-order valence-electron chi connectivity index (χ2n) is 5.92. The molecule has 2 aromatic rings. The number of rotatable bonds is 3. The van der Waals surface area contributed by atoms with Gasteiger partial charge in [-0.2, -0.15) is 0 Å². The van der Waals surface area contributed by atoms with Crippen LogP contribution < -0.4 is 19.5 Å². The summed E-state index contributed by atoms with van der Waals surface area (Å²) in [6, 6.07) is 11.4. The average Bonchev–Trinajstić information content (AvgIpc) is 2.66. The zero-order valence-corrected chi connectivity index (χ0v) is 14.3. The number of hydrogen-bond donors (Lipinski definition) is 1. The number of nitrogens with one attached hydrogen (secondary N) is 1. The lowest BCUT2D eigenvalue weighted by Gasteiger charge is -2.44. The van der Waals surface area contributed by atoms with Crippen LogP contribution in [-0.4, -0.2) is 31.3 Å². The van der Waals surface area contributed by atoms with Gasteiger partial charge in [0, 0.05) is 11.6 Å². The first-order chi connectivity index (χ1) is 12.6. The number of carbonyl (C=O) groups is 2. The molecular weight excluding hydrogens is 338 g/mol. The maximum atomic E-state index is 12.9. The zero-order chi connectivity index (χ0) is 18.3. The molecule has 2 aliphatic rings. The van der Waals surface area contributed by atoms with Crippen molar-refractivity contribution in [3.63, 3.8) is 0 Å². The highest BCUT2D eigenvalue weighted by Crippen LogP contribution is 2.49. The Morgan fingerprint density at radius 1 is 1.23 bits per heavy atom. The van der Waals surface area contributed by atoms with E-state index in [0.29, 0.717) is 28.5 Å². The third-order valence-electron chi connectivity index (χ3n) is 4.48. The normalized spacial score (nSPS) is 22.5. The molecule has 0 aromatic heterocycles. The molecule has 7 heteroatoms. The summed E-state index contributed by atoms with van der Waals surface area (Å²) in [5, 5.41) is 3.24. The second-order valence-corrected chi connectivity index (χ2v) is 5.92. The van der Waals surface area contributed by atoms with Crippen molar-refractivity contribution in [3.05, 3.63) is 48.0 Å². The number of anilines is 1. The standard InChI is InChI=1S/C19H17NO6/c1-3-24-17(21)19-16(20-13-6-4-5-7-14(13)26-19)12-9-8-11(23-2)10-15(12)25-18(19)22/h4-10,16,20H,3H2,1-2H3/t16-,19+/m1/s1. The van der Waals surface area contributed by atoms with Crippen LogP contribution in [0.25, 0.3) is 0 Å². The molecule has 2 heterocycles.